The minimum Gasteiger partial charge on any atom is -0.337 e. The standard InChI is InChI=1S/C21H22ClN3O3S/c1-13-10-14(2)19(15(3)11-13)29(26,27)25-9-5-8-18(25)21-23-20(24-28-21)16-6-4-7-17(22)12-16/h4,6-7,10-12,18H,5,8-9H2,1-3H3. The summed E-state index contributed by atoms with van der Waals surface area (Å²) in [5.41, 5.74) is 3.27. The third kappa shape index (κ3) is 3.70. The maximum atomic E-state index is 13.5. The van der Waals surface area contributed by atoms with E-state index < -0.39 is 16.1 Å². The Morgan fingerprint density at radius 2 is 1.86 bits per heavy atom. The molecule has 0 radical (unpaired) electrons. The molecular formula is C21H22ClN3O3S. The summed E-state index contributed by atoms with van der Waals surface area (Å²) >= 11 is 6.05. The van der Waals surface area contributed by atoms with Crippen LogP contribution in [0, 0.1) is 20.8 Å². The van der Waals surface area contributed by atoms with E-state index in [9.17, 15) is 8.42 Å². The minimum atomic E-state index is -3.69. The van der Waals surface area contributed by atoms with Gasteiger partial charge in [-0.05, 0) is 56.9 Å². The molecule has 1 aliphatic heterocycles. The van der Waals surface area contributed by atoms with E-state index in [-0.39, 0.29) is 0 Å². The topological polar surface area (TPSA) is 76.3 Å². The summed E-state index contributed by atoms with van der Waals surface area (Å²) in [4.78, 5) is 4.84. The van der Waals surface area contributed by atoms with Crippen LogP contribution in [0.15, 0.2) is 45.8 Å². The largest absolute Gasteiger partial charge is 0.337 e. The van der Waals surface area contributed by atoms with Gasteiger partial charge >= 0.3 is 0 Å². The molecule has 0 saturated carbocycles. The molecule has 0 N–H and O–H groups in total. The van der Waals surface area contributed by atoms with E-state index in [1.807, 2.05) is 45.0 Å². The summed E-state index contributed by atoms with van der Waals surface area (Å²) in [6.07, 6.45) is 1.38. The summed E-state index contributed by atoms with van der Waals surface area (Å²) < 4.78 is 34.0. The van der Waals surface area contributed by atoms with Gasteiger partial charge in [-0.3, -0.25) is 0 Å². The molecular weight excluding hydrogens is 410 g/mol. The van der Waals surface area contributed by atoms with Gasteiger partial charge in [0.15, 0.2) is 0 Å². The third-order valence-electron chi connectivity index (χ3n) is 5.18. The molecule has 0 amide bonds. The number of halogens is 1. The van der Waals surface area contributed by atoms with Crippen molar-refractivity contribution in [2.75, 3.05) is 6.54 Å². The summed E-state index contributed by atoms with van der Waals surface area (Å²) in [6, 6.07) is 10.5. The highest BCUT2D eigenvalue weighted by Gasteiger charge is 2.40. The molecule has 0 spiro atoms. The SMILES string of the molecule is Cc1cc(C)c(S(=O)(=O)N2CCCC2c2nc(-c3cccc(Cl)c3)no2)c(C)c1. The van der Waals surface area contributed by atoms with E-state index in [1.165, 1.54) is 4.31 Å². The lowest BCUT2D eigenvalue weighted by molar-refractivity contribution is 0.290. The molecule has 4 rings (SSSR count). The Kier molecular flexibility index (Phi) is 5.23. The van der Waals surface area contributed by atoms with Gasteiger partial charge < -0.3 is 4.52 Å². The Morgan fingerprint density at radius 1 is 1.14 bits per heavy atom. The fraction of sp³-hybridized carbons (Fsp3) is 0.333. The van der Waals surface area contributed by atoms with Crippen molar-refractivity contribution in [3.05, 3.63) is 64.0 Å². The lowest BCUT2D eigenvalue weighted by atomic mass is 10.1. The Labute approximate surface area is 175 Å². The number of hydrogen-bond donors (Lipinski definition) is 0. The number of nitrogens with zero attached hydrogens (tertiary/aromatic N) is 3. The first-order valence-corrected chi connectivity index (χ1v) is 11.3. The molecule has 1 atom stereocenters. The smallest absolute Gasteiger partial charge is 0.245 e. The quantitative estimate of drug-likeness (QED) is 0.590. The van der Waals surface area contributed by atoms with E-state index in [0.717, 1.165) is 28.7 Å². The summed E-state index contributed by atoms with van der Waals surface area (Å²) in [7, 11) is -3.69. The zero-order valence-corrected chi connectivity index (χ0v) is 18.1. The van der Waals surface area contributed by atoms with Crippen molar-refractivity contribution in [2.45, 2.75) is 44.6 Å². The number of hydrogen-bond acceptors (Lipinski definition) is 5. The van der Waals surface area contributed by atoms with Crippen LogP contribution in [-0.2, 0) is 10.0 Å². The fourth-order valence-electron chi connectivity index (χ4n) is 4.08. The maximum Gasteiger partial charge on any atom is 0.245 e. The monoisotopic (exact) mass is 431 g/mol. The van der Waals surface area contributed by atoms with E-state index in [4.69, 9.17) is 16.1 Å². The second-order valence-electron chi connectivity index (χ2n) is 7.47. The van der Waals surface area contributed by atoms with Crippen LogP contribution in [-0.4, -0.2) is 29.4 Å². The van der Waals surface area contributed by atoms with Crippen LogP contribution < -0.4 is 0 Å². The molecule has 3 aromatic rings. The Balaban J connectivity index is 1.70. The van der Waals surface area contributed by atoms with Gasteiger partial charge in [0.25, 0.3) is 0 Å². The van der Waals surface area contributed by atoms with Crippen molar-refractivity contribution < 1.29 is 12.9 Å². The van der Waals surface area contributed by atoms with Crippen molar-refractivity contribution in [3.8, 4) is 11.4 Å². The van der Waals surface area contributed by atoms with Crippen LogP contribution in [0.5, 0.6) is 0 Å². The lowest BCUT2D eigenvalue weighted by Crippen LogP contribution is -2.32. The van der Waals surface area contributed by atoms with E-state index >= 15 is 0 Å². The first-order chi connectivity index (χ1) is 13.8. The summed E-state index contributed by atoms with van der Waals surface area (Å²) in [5.74, 6) is 0.706. The van der Waals surface area contributed by atoms with Gasteiger partial charge in [0.1, 0.15) is 6.04 Å². The van der Waals surface area contributed by atoms with E-state index in [0.29, 0.717) is 34.6 Å². The van der Waals surface area contributed by atoms with E-state index in [2.05, 4.69) is 10.1 Å². The molecule has 0 aliphatic carbocycles. The van der Waals surface area contributed by atoms with Crippen LogP contribution in [0.25, 0.3) is 11.4 Å². The highest BCUT2D eigenvalue weighted by molar-refractivity contribution is 7.89. The summed E-state index contributed by atoms with van der Waals surface area (Å²) in [5, 5.41) is 4.62. The molecule has 1 aliphatic rings. The molecule has 8 heteroatoms. The van der Waals surface area contributed by atoms with Crippen molar-refractivity contribution in [1.29, 1.82) is 0 Å². The first kappa shape index (κ1) is 20.1. The molecule has 29 heavy (non-hydrogen) atoms. The zero-order chi connectivity index (χ0) is 20.8. The predicted octanol–water partition coefficient (Wildman–Crippen LogP) is 4.84. The third-order valence-corrected chi connectivity index (χ3v) is 7.63. The Bertz CT molecular complexity index is 1150. The van der Waals surface area contributed by atoms with Gasteiger partial charge in [-0.15, -0.1) is 0 Å². The minimum absolute atomic E-state index is 0.309. The molecule has 1 aromatic heterocycles. The van der Waals surface area contributed by atoms with Crippen LogP contribution >= 0.6 is 11.6 Å². The molecule has 0 bridgehead atoms. The van der Waals surface area contributed by atoms with Gasteiger partial charge in [-0.2, -0.15) is 9.29 Å². The highest BCUT2D eigenvalue weighted by Crippen LogP contribution is 2.38. The number of rotatable bonds is 4. The average molecular weight is 432 g/mol. The van der Waals surface area contributed by atoms with Crippen molar-refractivity contribution in [3.63, 3.8) is 0 Å². The molecule has 1 saturated heterocycles. The van der Waals surface area contributed by atoms with Gasteiger partial charge in [-0.25, -0.2) is 8.42 Å². The van der Waals surface area contributed by atoms with Crippen molar-refractivity contribution in [1.82, 2.24) is 14.4 Å². The van der Waals surface area contributed by atoms with Crippen LogP contribution in [0.4, 0.5) is 0 Å². The number of aryl methyl sites for hydroxylation is 3. The van der Waals surface area contributed by atoms with Gasteiger partial charge in [0.2, 0.25) is 21.7 Å². The van der Waals surface area contributed by atoms with E-state index in [1.54, 1.807) is 12.1 Å². The molecule has 2 aromatic carbocycles. The predicted molar refractivity (Wildman–Crippen MR) is 111 cm³/mol. The fourth-order valence-corrected chi connectivity index (χ4v) is 6.34. The van der Waals surface area contributed by atoms with Crippen LogP contribution in [0.1, 0.15) is 41.5 Å². The van der Waals surface area contributed by atoms with Gasteiger partial charge in [-0.1, -0.05) is 46.6 Å². The first-order valence-electron chi connectivity index (χ1n) is 9.46. The molecule has 6 nitrogen and oxygen atoms in total. The molecule has 2 heterocycles. The zero-order valence-electron chi connectivity index (χ0n) is 16.5. The molecule has 152 valence electrons. The van der Waals surface area contributed by atoms with Crippen LogP contribution in [0.2, 0.25) is 5.02 Å². The normalized spacial score (nSPS) is 17.7. The number of aromatic nitrogens is 2. The van der Waals surface area contributed by atoms with Crippen LogP contribution in [0.3, 0.4) is 0 Å². The second-order valence-corrected chi connectivity index (χ2v) is 9.73. The Hall–Kier alpha value is -2.22. The van der Waals surface area contributed by atoms with Crippen molar-refractivity contribution >= 4 is 21.6 Å². The molecule has 1 fully saturated rings. The number of sulfonamides is 1. The molecule has 1 unspecified atom stereocenters. The number of benzene rings is 2. The maximum absolute atomic E-state index is 13.5. The van der Waals surface area contributed by atoms with Gasteiger partial charge in [0, 0.05) is 17.1 Å². The highest BCUT2D eigenvalue weighted by atomic mass is 35.5. The van der Waals surface area contributed by atoms with Gasteiger partial charge in [0.05, 0.1) is 4.90 Å². The Morgan fingerprint density at radius 3 is 2.55 bits per heavy atom. The average Bonchev–Trinajstić information content (AvgIpc) is 3.30. The second kappa shape index (κ2) is 7.55. The lowest BCUT2D eigenvalue weighted by Gasteiger charge is -2.23. The van der Waals surface area contributed by atoms with Crippen molar-refractivity contribution in [2.24, 2.45) is 0 Å². The summed E-state index contributed by atoms with van der Waals surface area (Å²) in [6.45, 7) is 6.06.